The van der Waals surface area contributed by atoms with E-state index < -0.39 is 5.38 Å². The molecule has 0 aliphatic rings. The van der Waals surface area contributed by atoms with Crippen molar-refractivity contribution in [2.45, 2.75) is 12.3 Å². The van der Waals surface area contributed by atoms with Gasteiger partial charge in [0, 0.05) is 5.56 Å². The Kier molecular flexibility index (Phi) is 3.34. The molecule has 0 heterocycles. The molecule has 2 rings (SSSR count). The highest BCUT2D eigenvalue weighted by molar-refractivity contribution is 6.33. The fraction of sp³-hybridized carbons (Fsp3) is 0.214. The van der Waals surface area contributed by atoms with Gasteiger partial charge in [0.25, 0.3) is 0 Å². The first-order valence-corrected chi connectivity index (χ1v) is 5.81. The molecule has 2 aromatic rings. The number of Topliss-reactive ketones (excluding diaryl/α,β-unsaturated/α-hetero) is 1. The van der Waals surface area contributed by atoms with E-state index in [1.165, 1.54) is 0 Å². The van der Waals surface area contributed by atoms with E-state index in [0.717, 1.165) is 16.5 Å². The van der Waals surface area contributed by atoms with Gasteiger partial charge in [0.15, 0.2) is 5.78 Å². The predicted octanol–water partition coefficient (Wildman–Crippen LogP) is 3.66. The first-order valence-electron chi connectivity index (χ1n) is 5.38. The van der Waals surface area contributed by atoms with Crippen LogP contribution in [0.1, 0.15) is 17.3 Å². The van der Waals surface area contributed by atoms with Gasteiger partial charge in [-0.2, -0.15) is 0 Å². The van der Waals surface area contributed by atoms with Crippen molar-refractivity contribution < 1.29 is 9.53 Å². The molecule has 0 amide bonds. The highest BCUT2D eigenvalue weighted by Gasteiger charge is 2.12. The predicted molar refractivity (Wildman–Crippen MR) is 70.1 cm³/mol. The first kappa shape index (κ1) is 11.9. The fourth-order valence-corrected chi connectivity index (χ4v) is 1.86. The number of hydrogen-bond donors (Lipinski definition) is 0. The zero-order valence-electron chi connectivity index (χ0n) is 9.74. The number of halogens is 1. The number of ketones is 1. The summed E-state index contributed by atoms with van der Waals surface area (Å²) in [6, 6.07) is 11.3. The van der Waals surface area contributed by atoms with Crippen LogP contribution in [0.2, 0.25) is 0 Å². The normalized spacial score (nSPS) is 12.4. The number of carbonyl (C=O) groups excluding carboxylic acids is 1. The molecule has 0 spiro atoms. The summed E-state index contributed by atoms with van der Waals surface area (Å²) < 4.78 is 5.15. The molecule has 0 bridgehead atoms. The lowest BCUT2D eigenvalue weighted by atomic mass is 10.0. The lowest BCUT2D eigenvalue weighted by Gasteiger charge is -2.06. The summed E-state index contributed by atoms with van der Waals surface area (Å²) in [5.41, 5.74) is 0.644. The van der Waals surface area contributed by atoms with Gasteiger partial charge in [-0.05, 0) is 35.9 Å². The molecule has 0 radical (unpaired) electrons. The van der Waals surface area contributed by atoms with Gasteiger partial charge in [-0.3, -0.25) is 4.79 Å². The quantitative estimate of drug-likeness (QED) is 0.612. The number of hydrogen-bond acceptors (Lipinski definition) is 2. The van der Waals surface area contributed by atoms with Crippen LogP contribution in [-0.4, -0.2) is 18.3 Å². The van der Waals surface area contributed by atoms with Crippen LogP contribution >= 0.6 is 11.6 Å². The smallest absolute Gasteiger partial charge is 0.180 e. The summed E-state index contributed by atoms with van der Waals surface area (Å²) in [5.74, 6) is 0.756. The molecule has 0 N–H and O–H groups in total. The van der Waals surface area contributed by atoms with Crippen LogP contribution in [0.5, 0.6) is 5.75 Å². The van der Waals surface area contributed by atoms with Crippen molar-refractivity contribution in [1.82, 2.24) is 0 Å². The van der Waals surface area contributed by atoms with Crippen LogP contribution in [0.4, 0.5) is 0 Å². The summed E-state index contributed by atoms with van der Waals surface area (Å²) in [7, 11) is 1.63. The van der Waals surface area contributed by atoms with E-state index in [1.54, 1.807) is 20.1 Å². The molecule has 2 nitrogen and oxygen atoms in total. The molecule has 0 saturated carbocycles. The summed E-state index contributed by atoms with van der Waals surface area (Å²) >= 11 is 5.79. The van der Waals surface area contributed by atoms with Crippen molar-refractivity contribution in [2.24, 2.45) is 0 Å². The molecule has 0 aliphatic carbocycles. The second kappa shape index (κ2) is 4.76. The van der Waals surface area contributed by atoms with E-state index in [-0.39, 0.29) is 5.78 Å². The van der Waals surface area contributed by atoms with Gasteiger partial charge >= 0.3 is 0 Å². The highest BCUT2D eigenvalue weighted by atomic mass is 35.5. The van der Waals surface area contributed by atoms with Crippen molar-refractivity contribution in [3.8, 4) is 5.75 Å². The van der Waals surface area contributed by atoms with Gasteiger partial charge in [0.2, 0.25) is 0 Å². The summed E-state index contributed by atoms with van der Waals surface area (Å²) in [5, 5.41) is 1.56. The lowest BCUT2D eigenvalue weighted by molar-refractivity contribution is 0.0992. The third-order valence-electron chi connectivity index (χ3n) is 2.69. The Morgan fingerprint density at radius 2 is 1.82 bits per heavy atom. The Bertz CT molecular complexity index is 561. The average molecular weight is 249 g/mol. The van der Waals surface area contributed by atoms with Crippen molar-refractivity contribution in [3.63, 3.8) is 0 Å². The van der Waals surface area contributed by atoms with Gasteiger partial charge in [-0.1, -0.05) is 18.2 Å². The average Bonchev–Trinajstić information content (AvgIpc) is 2.36. The maximum Gasteiger partial charge on any atom is 0.180 e. The number of alkyl halides is 1. The van der Waals surface area contributed by atoms with Crippen LogP contribution < -0.4 is 4.74 Å². The van der Waals surface area contributed by atoms with Crippen molar-refractivity contribution in [1.29, 1.82) is 0 Å². The second-order valence-corrected chi connectivity index (χ2v) is 4.56. The SMILES string of the molecule is COc1ccc2cc(C(=O)C(C)Cl)ccc2c1. The van der Waals surface area contributed by atoms with Gasteiger partial charge in [0.1, 0.15) is 5.75 Å². The van der Waals surface area contributed by atoms with E-state index in [2.05, 4.69) is 0 Å². The largest absolute Gasteiger partial charge is 0.497 e. The molecule has 0 saturated heterocycles. The second-order valence-electron chi connectivity index (χ2n) is 3.91. The van der Waals surface area contributed by atoms with Crippen LogP contribution in [0.3, 0.4) is 0 Å². The van der Waals surface area contributed by atoms with Crippen LogP contribution in [0.15, 0.2) is 36.4 Å². The van der Waals surface area contributed by atoms with Crippen LogP contribution in [0, 0.1) is 0 Å². The minimum absolute atomic E-state index is 0.0515. The van der Waals surface area contributed by atoms with Crippen molar-refractivity contribution in [2.75, 3.05) is 7.11 Å². The topological polar surface area (TPSA) is 26.3 Å². The van der Waals surface area contributed by atoms with E-state index in [1.807, 2.05) is 30.3 Å². The minimum atomic E-state index is -0.495. The molecule has 2 aromatic carbocycles. The fourth-order valence-electron chi connectivity index (χ4n) is 1.73. The van der Waals surface area contributed by atoms with Crippen molar-refractivity contribution >= 4 is 28.2 Å². The van der Waals surface area contributed by atoms with E-state index in [0.29, 0.717) is 5.56 Å². The van der Waals surface area contributed by atoms with Gasteiger partial charge < -0.3 is 4.74 Å². The standard InChI is InChI=1S/C14H13ClO2/c1-9(15)14(16)12-4-3-11-8-13(17-2)6-5-10(11)7-12/h3-9H,1-2H3. The highest BCUT2D eigenvalue weighted by Crippen LogP contribution is 2.22. The molecular formula is C14H13ClO2. The Morgan fingerprint density at radius 1 is 1.18 bits per heavy atom. The molecule has 1 unspecified atom stereocenters. The zero-order valence-corrected chi connectivity index (χ0v) is 10.5. The molecule has 88 valence electrons. The molecule has 17 heavy (non-hydrogen) atoms. The molecular weight excluding hydrogens is 236 g/mol. The number of benzene rings is 2. The van der Waals surface area contributed by atoms with Crippen LogP contribution in [0.25, 0.3) is 10.8 Å². The minimum Gasteiger partial charge on any atom is -0.497 e. The zero-order chi connectivity index (χ0) is 12.4. The summed E-state index contributed by atoms with van der Waals surface area (Å²) in [4.78, 5) is 11.8. The summed E-state index contributed by atoms with van der Waals surface area (Å²) in [6.45, 7) is 1.68. The van der Waals surface area contributed by atoms with E-state index in [9.17, 15) is 4.79 Å². The molecule has 0 fully saturated rings. The monoisotopic (exact) mass is 248 g/mol. The van der Waals surface area contributed by atoms with Crippen LogP contribution in [-0.2, 0) is 0 Å². The maximum atomic E-state index is 11.8. The number of carbonyl (C=O) groups is 1. The third-order valence-corrected chi connectivity index (χ3v) is 2.89. The molecule has 0 aromatic heterocycles. The number of fused-ring (bicyclic) bond motifs is 1. The van der Waals surface area contributed by atoms with Gasteiger partial charge in [-0.25, -0.2) is 0 Å². The Balaban J connectivity index is 2.48. The summed E-state index contributed by atoms with van der Waals surface area (Å²) in [6.07, 6.45) is 0. The maximum absolute atomic E-state index is 11.8. The number of rotatable bonds is 3. The first-order chi connectivity index (χ1) is 8.11. The third kappa shape index (κ3) is 2.42. The molecule has 1 atom stereocenters. The lowest BCUT2D eigenvalue weighted by Crippen LogP contribution is -2.10. The Morgan fingerprint density at radius 3 is 2.47 bits per heavy atom. The number of ether oxygens (including phenoxy) is 1. The van der Waals surface area contributed by atoms with Gasteiger partial charge in [0.05, 0.1) is 12.5 Å². The Hall–Kier alpha value is -1.54. The number of methoxy groups -OCH3 is 1. The molecule has 0 aliphatic heterocycles. The van der Waals surface area contributed by atoms with Gasteiger partial charge in [-0.15, -0.1) is 11.6 Å². The van der Waals surface area contributed by atoms with E-state index >= 15 is 0 Å². The Labute approximate surface area is 105 Å². The van der Waals surface area contributed by atoms with Crippen molar-refractivity contribution in [3.05, 3.63) is 42.0 Å². The van der Waals surface area contributed by atoms with E-state index in [4.69, 9.17) is 16.3 Å². The molecule has 3 heteroatoms.